The third-order valence-corrected chi connectivity index (χ3v) is 2.82. The Bertz CT molecular complexity index is 320. The van der Waals surface area contributed by atoms with Crippen molar-refractivity contribution in [2.75, 3.05) is 13.2 Å². The van der Waals surface area contributed by atoms with E-state index in [0.717, 1.165) is 25.2 Å². The first-order chi connectivity index (χ1) is 7.58. The molecule has 16 heavy (non-hydrogen) atoms. The zero-order chi connectivity index (χ0) is 12.1. The van der Waals surface area contributed by atoms with Crippen molar-refractivity contribution in [1.82, 2.24) is 14.7 Å². The van der Waals surface area contributed by atoms with Crippen LogP contribution in [-0.2, 0) is 20.0 Å². The highest BCUT2D eigenvalue weighted by atomic mass is 16.3. The summed E-state index contributed by atoms with van der Waals surface area (Å²) in [5.74, 6) is 0. The lowest BCUT2D eigenvalue weighted by Gasteiger charge is -2.25. The van der Waals surface area contributed by atoms with Gasteiger partial charge in [-0.3, -0.25) is 9.58 Å². The minimum absolute atomic E-state index is 0.208. The zero-order valence-electron chi connectivity index (χ0n) is 10.8. The normalized spacial score (nSPS) is 11.7. The maximum Gasteiger partial charge on any atom is 0.0666 e. The summed E-state index contributed by atoms with van der Waals surface area (Å²) in [5.41, 5.74) is 2.43. The van der Waals surface area contributed by atoms with Crippen LogP contribution in [0.3, 0.4) is 0 Å². The van der Waals surface area contributed by atoms with E-state index in [4.69, 9.17) is 5.11 Å². The molecule has 1 heterocycles. The fourth-order valence-electron chi connectivity index (χ4n) is 1.88. The molecule has 0 aromatic carbocycles. The predicted octanol–water partition coefficient (Wildman–Crippen LogP) is 1.19. The highest BCUT2D eigenvalue weighted by Crippen LogP contribution is 2.12. The summed E-state index contributed by atoms with van der Waals surface area (Å²) in [7, 11) is 1.95. The van der Waals surface area contributed by atoms with Gasteiger partial charge < -0.3 is 5.11 Å². The van der Waals surface area contributed by atoms with Gasteiger partial charge >= 0.3 is 0 Å². The second kappa shape index (κ2) is 6.01. The average molecular weight is 225 g/mol. The van der Waals surface area contributed by atoms with Crippen molar-refractivity contribution in [3.63, 3.8) is 0 Å². The minimum Gasteiger partial charge on any atom is -0.395 e. The van der Waals surface area contributed by atoms with Gasteiger partial charge in [-0.15, -0.1) is 0 Å². The van der Waals surface area contributed by atoms with Crippen molar-refractivity contribution in [2.24, 2.45) is 7.05 Å². The molecule has 0 bridgehead atoms. The topological polar surface area (TPSA) is 41.3 Å². The fraction of sp³-hybridized carbons (Fsp3) is 0.750. The van der Waals surface area contributed by atoms with Crippen molar-refractivity contribution in [1.29, 1.82) is 0 Å². The lowest BCUT2D eigenvalue weighted by atomic mass is 10.2. The van der Waals surface area contributed by atoms with Gasteiger partial charge in [0, 0.05) is 37.9 Å². The number of hydrogen-bond acceptors (Lipinski definition) is 3. The molecule has 0 aliphatic rings. The predicted molar refractivity (Wildman–Crippen MR) is 65.2 cm³/mol. The number of aromatic nitrogens is 2. The molecule has 92 valence electrons. The lowest BCUT2D eigenvalue weighted by molar-refractivity contribution is 0.159. The van der Waals surface area contributed by atoms with E-state index in [1.54, 1.807) is 0 Å². The van der Waals surface area contributed by atoms with Crippen LogP contribution in [0.1, 0.15) is 32.0 Å². The molecule has 0 unspecified atom stereocenters. The van der Waals surface area contributed by atoms with Crippen molar-refractivity contribution >= 4 is 0 Å². The van der Waals surface area contributed by atoms with E-state index in [9.17, 15) is 0 Å². The Morgan fingerprint density at radius 1 is 1.50 bits per heavy atom. The Kier molecular flexibility index (Phi) is 4.96. The molecule has 0 spiro atoms. The number of hydrogen-bond donors (Lipinski definition) is 1. The van der Waals surface area contributed by atoms with Gasteiger partial charge in [0.15, 0.2) is 0 Å². The van der Waals surface area contributed by atoms with Crippen LogP contribution in [-0.4, -0.2) is 39.0 Å². The molecule has 0 fully saturated rings. The van der Waals surface area contributed by atoms with Gasteiger partial charge in [-0.05, 0) is 20.3 Å². The quantitative estimate of drug-likeness (QED) is 0.790. The van der Waals surface area contributed by atoms with Crippen LogP contribution >= 0.6 is 0 Å². The lowest BCUT2D eigenvalue weighted by Crippen LogP contribution is -2.33. The molecule has 0 aliphatic heterocycles. The monoisotopic (exact) mass is 225 g/mol. The highest BCUT2D eigenvalue weighted by molar-refractivity contribution is 5.16. The Hall–Kier alpha value is -0.870. The first-order valence-corrected chi connectivity index (χ1v) is 5.94. The molecule has 1 N–H and O–H groups in total. The fourth-order valence-corrected chi connectivity index (χ4v) is 1.88. The van der Waals surface area contributed by atoms with Crippen molar-refractivity contribution in [2.45, 2.75) is 39.8 Å². The van der Waals surface area contributed by atoms with E-state index in [-0.39, 0.29) is 6.61 Å². The SMILES string of the molecule is CCc1nn(C)cc1CN(CCO)C(C)C. The van der Waals surface area contributed by atoms with Crippen LogP contribution < -0.4 is 0 Å². The molecule has 0 atom stereocenters. The van der Waals surface area contributed by atoms with Gasteiger partial charge in [0.2, 0.25) is 0 Å². The molecule has 0 saturated heterocycles. The van der Waals surface area contributed by atoms with E-state index >= 15 is 0 Å². The van der Waals surface area contributed by atoms with Crippen LogP contribution in [0.25, 0.3) is 0 Å². The zero-order valence-corrected chi connectivity index (χ0v) is 10.8. The second-order valence-electron chi connectivity index (χ2n) is 4.42. The molecule has 0 aliphatic carbocycles. The van der Waals surface area contributed by atoms with Gasteiger partial charge in [0.25, 0.3) is 0 Å². The summed E-state index contributed by atoms with van der Waals surface area (Å²) in [5, 5.41) is 13.5. The largest absolute Gasteiger partial charge is 0.395 e. The van der Waals surface area contributed by atoms with Gasteiger partial charge in [0.05, 0.1) is 12.3 Å². The third kappa shape index (κ3) is 3.32. The summed E-state index contributed by atoms with van der Waals surface area (Å²) in [6, 6.07) is 0.442. The summed E-state index contributed by atoms with van der Waals surface area (Å²) in [6.45, 7) is 8.22. The first kappa shape index (κ1) is 13.2. The second-order valence-corrected chi connectivity index (χ2v) is 4.42. The molecule has 1 aromatic rings. The van der Waals surface area contributed by atoms with Gasteiger partial charge in [0.1, 0.15) is 0 Å². The van der Waals surface area contributed by atoms with Crippen LogP contribution in [0.4, 0.5) is 0 Å². The summed E-state index contributed by atoms with van der Waals surface area (Å²) < 4.78 is 1.87. The number of aryl methyl sites for hydroxylation is 2. The van der Waals surface area contributed by atoms with Crippen molar-refractivity contribution in [3.05, 3.63) is 17.5 Å². The molecule has 4 heteroatoms. The van der Waals surface area contributed by atoms with E-state index in [1.807, 2.05) is 11.7 Å². The summed E-state index contributed by atoms with van der Waals surface area (Å²) >= 11 is 0. The summed E-state index contributed by atoms with van der Waals surface area (Å²) in [6.07, 6.45) is 3.03. The Morgan fingerprint density at radius 2 is 2.19 bits per heavy atom. The Labute approximate surface area is 97.9 Å². The highest BCUT2D eigenvalue weighted by Gasteiger charge is 2.13. The maximum atomic E-state index is 9.03. The van der Waals surface area contributed by atoms with Crippen LogP contribution in [0.5, 0.6) is 0 Å². The van der Waals surface area contributed by atoms with Crippen molar-refractivity contribution < 1.29 is 5.11 Å². The first-order valence-electron chi connectivity index (χ1n) is 5.94. The number of rotatable bonds is 6. The molecule has 0 amide bonds. The van der Waals surface area contributed by atoms with E-state index in [2.05, 4.69) is 37.0 Å². The van der Waals surface area contributed by atoms with Gasteiger partial charge in [-0.2, -0.15) is 5.10 Å². The molecule has 0 saturated carbocycles. The maximum absolute atomic E-state index is 9.03. The van der Waals surface area contributed by atoms with Gasteiger partial charge in [-0.1, -0.05) is 6.92 Å². The average Bonchev–Trinajstić information content (AvgIpc) is 2.58. The van der Waals surface area contributed by atoms with Crippen LogP contribution in [0.2, 0.25) is 0 Å². The number of nitrogens with zero attached hydrogens (tertiary/aromatic N) is 3. The van der Waals surface area contributed by atoms with Crippen LogP contribution in [0, 0.1) is 0 Å². The van der Waals surface area contributed by atoms with E-state index in [1.165, 1.54) is 5.56 Å². The molecular weight excluding hydrogens is 202 g/mol. The molecule has 1 aromatic heterocycles. The smallest absolute Gasteiger partial charge is 0.0666 e. The number of aliphatic hydroxyl groups is 1. The van der Waals surface area contributed by atoms with E-state index in [0.29, 0.717) is 6.04 Å². The van der Waals surface area contributed by atoms with Crippen LogP contribution in [0.15, 0.2) is 6.20 Å². The third-order valence-electron chi connectivity index (χ3n) is 2.82. The Balaban J connectivity index is 2.75. The summed E-state index contributed by atoms with van der Waals surface area (Å²) in [4.78, 5) is 2.26. The molecule has 0 radical (unpaired) electrons. The molecule has 4 nitrogen and oxygen atoms in total. The van der Waals surface area contributed by atoms with Crippen molar-refractivity contribution in [3.8, 4) is 0 Å². The Morgan fingerprint density at radius 3 is 2.69 bits per heavy atom. The minimum atomic E-state index is 0.208. The van der Waals surface area contributed by atoms with E-state index < -0.39 is 0 Å². The standard InChI is InChI=1S/C12H23N3O/c1-5-12-11(8-14(4)13-12)9-15(6-7-16)10(2)3/h8,10,16H,5-7,9H2,1-4H3. The van der Waals surface area contributed by atoms with Gasteiger partial charge in [-0.25, -0.2) is 0 Å². The number of aliphatic hydroxyl groups excluding tert-OH is 1. The molecule has 1 rings (SSSR count). The molecular formula is C12H23N3O.